The maximum atomic E-state index is 14.5. The largest absolute Gasteiger partial charge is 0.352 e. The molecule has 0 fully saturated rings. The van der Waals surface area contributed by atoms with Crippen molar-refractivity contribution in [2.75, 3.05) is 10.8 Å². The Kier molecular flexibility index (Phi) is 11.1. The summed E-state index contributed by atoms with van der Waals surface area (Å²) in [5.74, 6) is -1.44. The van der Waals surface area contributed by atoms with Gasteiger partial charge in [-0.2, -0.15) is 0 Å². The molecule has 0 bridgehead atoms. The lowest BCUT2D eigenvalue weighted by atomic mass is 10.0. The van der Waals surface area contributed by atoms with Gasteiger partial charge in [0.15, 0.2) is 0 Å². The molecule has 236 valence electrons. The van der Waals surface area contributed by atoms with Crippen LogP contribution >= 0.6 is 0 Å². The van der Waals surface area contributed by atoms with Gasteiger partial charge in [0.1, 0.15) is 18.4 Å². The van der Waals surface area contributed by atoms with Crippen LogP contribution < -0.4 is 9.62 Å². The number of hydrogen-bond donors (Lipinski definition) is 1. The molecule has 0 aliphatic carbocycles. The summed E-state index contributed by atoms with van der Waals surface area (Å²) in [5.41, 5.74) is 3.64. The van der Waals surface area contributed by atoms with Crippen LogP contribution in [0.2, 0.25) is 0 Å². The van der Waals surface area contributed by atoms with Gasteiger partial charge in [-0.15, -0.1) is 0 Å². The average molecular weight is 630 g/mol. The molecule has 0 radical (unpaired) electrons. The first-order valence-corrected chi connectivity index (χ1v) is 16.5. The number of rotatable bonds is 13. The summed E-state index contributed by atoms with van der Waals surface area (Å²) in [5, 5.41) is 3.03. The van der Waals surface area contributed by atoms with E-state index in [0.29, 0.717) is 6.42 Å². The molecule has 0 aliphatic heterocycles. The lowest BCUT2D eigenvalue weighted by Gasteiger charge is -2.34. The fraction of sp³-hybridized carbons (Fsp3) is 0.278. The minimum atomic E-state index is -4.26. The summed E-state index contributed by atoms with van der Waals surface area (Å²) in [6.45, 7) is 7.12. The number of carbonyl (C=O) groups is 2. The molecule has 45 heavy (non-hydrogen) atoms. The van der Waals surface area contributed by atoms with Crippen LogP contribution in [0, 0.1) is 19.7 Å². The molecule has 2 amide bonds. The highest BCUT2D eigenvalue weighted by atomic mass is 32.2. The van der Waals surface area contributed by atoms with Crippen LogP contribution in [0.1, 0.15) is 42.5 Å². The Morgan fingerprint density at radius 2 is 1.47 bits per heavy atom. The molecule has 0 saturated heterocycles. The van der Waals surface area contributed by atoms with E-state index >= 15 is 0 Å². The molecule has 0 aliphatic rings. The second-order valence-electron chi connectivity index (χ2n) is 11.3. The van der Waals surface area contributed by atoms with E-state index < -0.39 is 34.3 Å². The van der Waals surface area contributed by atoms with Gasteiger partial charge in [-0.3, -0.25) is 13.9 Å². The van der Waals surface area contributed by atoms with Crippen LogP contribution in [0.25, 0.3) is 0 Å². The molecule has 0 unspecified atom stereocenters. The monoisotopic (exact) mass is 629 g/mol. The van der Waals surface area contributed by atoms with E-state index in [1.165, 1.54) is 29.2 Å². The average Bonchev–Trinajstić information content (AvgIpc) is 3.02. The molecule has 0 spiro atoms. The highest BCUT2D eigenvalue weighted by Crippen LogP contribution is 2.26. The van der Waals surface area contributed by atoms with Crippen LogP contribution in [0.5, 0.6) is 0 Å². The number of hydrogen-bond acceptors (Lipinski definition) is 4. The SMILES string of the molecule is CC[C@@H](C)NC(=O)[C@H](Cc1ccccc1)N(Cc1cccc(C)c1)C(=O)CN(c1ccc(F)cc1)S(=O)(=O)c1ccc(C)cc1. The van der Waals surface area contributed by atoms with Gasteiger partial charge >= 0.3 is 0 Å². The van der Waals surface area contributed by atoms with Crippen molar-refractivity contribution in [3.63, 3.8) is 0 Å². The molecule has 1 N–H and O–H groups in total. The number of aryl methyl sites for hydroxylation is 2. The van der Waals surface area contributed by atoms with Gasteiger partial charge < -0.3 is 10.2 Å². The molecule has 0 saturated carbocycles. The number of sulfonamides is 1. The van der Waals surface area contributed by atoms with Crippen molar-refractivity contribution in [3.8, 4) is 0 Å². The van der Waals surface area contributed by atoms with Crippen LogP contribution in [-0.4, -0.2) is 43.8 Å². The van der Waals surface area contributed by atoms with Gasteiger partial charge in [0.2, 0.25) is 11.8 Å². The zero-order valence-electron chi connectivity index (χ0n) is 26.1. The topological polar surface area (TPSA) is 86.8 Å². The Bertz CT molecular complexity index is 1690. The van der Waals surface area contributed by atoms with Gasteiger partial charge in [-0.1, -0.05) is 84.8 Å². The fourth-order valence-electron chi connectivity index (χ4n) is 4.98. The summed E-state index contributed by atoms with van der Waals surface area (Å²) in [7, 11) is -4.26. The highest BCUT2D eigenvalue weighted by Gasteiger charge is 2.35. The van der Waals surface area contributed by atoms with E-state index in [2.05, 4.69) is 5.32 Å². The predicted molar refractivity (Wildman–Crippen MR) is 176 cm³/mol. The Labute approximate surface area is 265 Å². The van der Waals surface area contributed by atoms with Gasteiger partial charge in [-0.25, -0.2) is 12.8 Å². The van der Waals surface area contributed by atoms with E-state index in [4.69, 9.17) is 0 Å². The standard InChI is InChI=1S/C36H40FN3O4S/c1-5-28(4)38-36(42)34(23-29-11-7-6-8-12-29)39(24-30-13-9-10-27(3)22-30)35(41)25-40(32-18-16-31(37)17-19-32)45(43,44)33-20-14-26(2)15-21-33/h6-22,28,34H,5,23-25H2,1-4H3,(H,38,42)/t28-,34+/m1/s1. The quantitative estimate of drug-likeness (QED) is 0.191. The first-order chi connectivity index (χ1) is 21.5. The Morgan fingerprint density at radius 1 is 0.822 bits per heavy atom. The molecule has 9 heteroatoms. The third-order valence-corrected chi connectivity index (χ3v) is 9.50. The number of nitrogens with one attached hydrogen (secondary N) is 1. The number of anilines is 1. The highest BCUT2D eigenvalue weighted by molar-refractivity contribution is 7.92. The van der Waals surface area contributed by atoms with E-state index in [0.717, 1.165) is 38.7 Å². The fourth-order valence-corrected chi connectivity index (χ4v) is 6.39. The normalized spacial score (nSPS) is 12.6. The lowest BCUT2D eigenvalue weighted by molar-refractivity contribution is -0.140. The van der Waals surface area contributed by atoms with E-state index in [9.17, 15) is 22.4 Å². The smallest absolute Gasteiger partial charge is 0.264 e. The Morgan fingerprint density at radius 3 is 2.09 bits per heavy atom. The number of amides is 2. The molecular weight excluding hydrogens is 589 g/mol. The maximum absolute atomic E-state index is 14.5. The van der Waals surface area contributed by atoms with Gasteiger partial charge in [0, 0.05) is 19.0 Å². The summed E-state index contributed by atoms with van der Waals surface area (Å²) in [6, 6.07) is 27.3. The number of carbonyl (C=O) groups excluding carboxylic acids is 2. The van der Waals surface area contributed by atoms with E-state index in [1.54, 1.807) is 12.1 Å². The van der Waals surface area contributed by atoms with Crippen molar-refractivity contribution in [1.29, 1.82) is 0 Å². The number of benzene rings is 4. The summed E-state index contributed by atoms with van der Waals surface area (Å²) < 4.78 is 43.0. The second-order valence-corrected chi connectivity index (χ2v) is 13.2. The van der Waals surface area contributed by atoms with Crippen molar-refractivity contribution in [2.45, 2.75) is 64.1 Å². The molecular formula is C36H40FN3O4S. The van der Waals surface area contributed by atoms with E-state index in [-0.39, 0.29) is 35.5 Å². The molecule has 4 rings (SSSR count). The molecule has 2 atom stereocenters. The zero-order chi connectivity index (χ0) is 32.6. The molecule has 0 heterocycles. The molecule has 4 aromatic rings. The minimum absolute atomic E-state index is 0.00851. The number of halogens is 1. The lowest BCUT2D eigenvalue weighted by Crippen LogP contribution is -2.54. The summed E-state index contributed by atoms with van der Waals surface area (Å²) in [6.07, 6.45) is 0.921. The summed E-state index contributed by atoms with van der Waals surface area (Å²) in [4.78, 5) is 29.8. The van der Waals surface area contributed by atoms with Crippen molar-refractivity contribution < 1.29 is 22.4 Å². The molecule has 4 aromatic carbocycles. The second kappa shape index (κ2) is 15.0. The molecule has 7 nitrogen and oxygen atoms in total. The molecule has 0 aromatic heterocycles. The van der Waals surface area contributed by atoms with Crippen molar-refractivity contribution >= 4 is 27.5 Å². The van der Waals surface area contributed by atoms with Crippen LogP contribution in [0.3, 0.4) is 0 Å². The first-order valence-electron chi connectivity index (χ1n) is 15.0. The first kappa shape index (κ1) is 33.4. The maximum Gasteiger partial charge on any atom is 0.264 e. The van der Waals surface area contributed by atoms with Gasteiger partial charge in [0.05, 0.1) is 10.6 Å². The third-order valence-electron chi connectivity index (χ3n) is 7.71. The number of nitrogens with zero attached hydrogens (tertiary/aromatic N) is 2. The summed E-state index contributed by atoms with van der Waals surface area (Å²) >= 11 is 0. The van der Waals surface area contributed by atoms with Gasteiger partial charge in [-0.05, 0) is 74.7 Å². The van der Waals surface area contributed by atoms with E-state index in [1.807, 2.05) is 82.3 Å². The van der Waals surface area contributed by atoms with Crippen LogP contribution in [0.15, 0.2) is 108 Å². The Balaban J connectivity index is 1.80. The van der Waals surface area contributed by atoms with Crippen molar-refractivity contribution in [3.05, 3.63) is 131 Å². The zero-order valence-corrected chi connectivity index (χ0v) is 26.9. The van der Waals surface area contributed by atoms with Gasteiger partial charge in [0.25, 0.3) is 10.0 Å². The van der Waals surface area contributed by atoms with Crippen LogP contribution in [-0.2, 0) is 32.6 Å². The van der Waals surface area contributed by atoms with Crippen LogP contribution in [0.4, 0.5) is 10.1 Å². The minimum Gasteiger partial charge on any atom is -0.352 e. The van der Waals surface area contributed by atoms with Crippen molar-refractivity contribution in [2.24, 2.45) is 0 Å². The predicted octanol–water partition coefficient (Wildman–Crippen LogP) is 6.19. The third kappa shape index (κ3) is 8.79. The van der Waals surface area contributed by atoms with Crippen molar-refractivity contribution in [1.82, 2.24) is 10.2 Å². The Hall–Kier alpha value is -4.50.